The number of ether oxygens (including phenoxy) is 1. The lowest BCUT2D eigenvalue weighted by molar-refractivity contribution is 0.0941. The quantitative estimate of drug-likeness (QED) is 0.665. The number of imidazole rings is 1. The highest BCUT2D eigenvalue weighted by Crippen LogP contribution is 2.24. The molecule has 1 N–H and O–H groups in total. The van der Waals surface area contributed by atoms with Crippen molar-refractivity contribution in [3.05, 3.63) is 83.4 Å². The number of rotatable bonds is 7. The number of carbonyl (C=O) groups is 1. The Balaban J connectivity index is 1.92. The van der Waals surface area contributed by atoms with Crippen molar-refractivity contribution in [1.29, 1.82) is 0 Å². The Kier molecular flexibility index (Phi) is 6.26. The molecule has 0 aliphatic rings. The van der Waals surface area contributed by atoms with Crippen LogP contribution in [0.1, 0.15) is 33.4 Å². The molecule has 0 aliphatic heterocycles. The highest BCUT2D eigenvalue weighted by molar-refractivity contribution is 7.83. The topological polar surface area (TPSA) is 73.2 Å². The van der Waals surface area contributed by atoms with E-state index >= 15 is 0 Å². The molecule has 2 aromatic carbocycles. The Morgan fingerprint density at radius 1 is 1.25 bits per heavy atom. The molecule has 6 nitrogen and oxygen atoms in total. The zero-order valence-corrected chi connectivity index (χ0v) is 16.9. The first-order valence-corrected chi connectivity index (χ1v) is 10.5. The second kappa shape index (κ2) is 8.84. The third-order valence-electron chi connectivity index (χ3n) is 4.38. The Bertz CT molecular complexity index is 1000. The van der Waals surface area contributed by atoms with E-state index in [-0.39, 0.29) is 5.91 Å². The summed E-state index contributed by atoms with van der Waals surface area (Å²) in [7, 11) is 2.53. The number of amides is 1. The first-order valence-electron chi connectivity index (χ1n) is 8.79. The maximum Gasteiger partial charge on any atom is 0.252 e. The number of methoxy groups -OCH3 is 1. The Hall–Kier alpha value is -2.93. The van der Waals surface area contributed by atoms with Gasteiger partial charge in [-0.3, -0.25) is 9.00 Å². The van der Waals surface area contributed by atoms with Crippen LogP contribution in [0.4, 0.5) is 0 Å². The standard InChI is InChI=1S/C21H23N3O3S/c1-24-11-10-22-20(24)19(16-7-5-9-18(13-16)27-2)23-21(25)17-8-4-6-15(12-17)14-28(3)26/h4-13,19H,14H2,1-3H3,(H,23,25). The summed E-state index contributed by atoms with van der Waals surface area (Å²) < 4.78 is 18.7. The second-order valence-corrected chi connectivity index (χ2v) is 7.93. The van der Waals surface area contributed by atoms with Gasteiger partial charge in [0.2, 0.25) is 0 Å². The fraction of sp³-hybridized carbons (Fsp3) is 0.238. The molecule has 3 aromatic rings. The average Bonchev–Trinajstić information content (AvgIpc) is 3.11. The van der Waals surface area contributed by atoms with E-state index in [1.807, 2.05) is 48.1 Å². The van der Waals surface area contributed by atoms with Gasteiger partial charge in [0.15, 0.2) is 0 Å². The lowest BCUT2D eigenvalue weighted by atomic mass is 10.0. The van der Waals surface area contributed by atoms with Crippen molar-refractivity contribution < 1.29 is 13.7 Å². The fourth-order valence-corrected chi connectivity index (χ4v) is 3.67. The van der Waals surface area contributed by atoms with Crippen molar-refractivity contribution in [2.45, 2.75) is 11.8 Å². The van der Waals surface area contributed by atoms with Crippen LogP contribution < -0.4 is 10.1 Å². The minimum Gasteiger partial charge on any atom is -0.497 e. The third-order valence-corrected chi connectivity index (χ3v) is 5.12. The lowest BCUT2D eigenvalue weighted by Crippen LogP contribution is -2.31. The molecule has 0 bridgehead atoms. The molecule has 0 spiro atoms. The van der Waals surface area contributed by atoms with Gasteiger partial charge < -0.3 is 14.6 Å². The molecule has 1 heterocycles. The number of aryl methyl sites for hydroxylation is 1. The highest BCUT2D eigenvalue weighted by Gasteiger charge is 2.22. The first kappa shape index (κ1) is 19.8. The monoisotopic (exact) mass is 397 g/mol. The molecule has 2 atom stereocenters. The molecule has 1 amide bonds. The maximum atomic E-state index is 13.0. The van der Waals surface area contributed by atoms with E-state index in [1.54, 1.807) is 37.8 Å². The summed E-state index contributed by atoms with van der Waals surface area (Å²) in [6.45, 7) is 0. The van der Waals surface area contributed by atoms with Crippen LogP contribution in [0.2, 0.25) is 0 Å². The molecule has 0 radical (unpaired) electrons. The lowest BCUT2D eigenvalue weighted by Gasteiger charge is -2.20. The highest BCUT2D eigenvalue weighted by atomic mass is 32.2. The number of hydrogen-bond donors (Lipinski definition) is 1. The molecule has 1 aromatic heterocycles. The summed E-state index contributed by atoms with van der Waals surface area (Å²) in [6, 6.07) is 14.3. The van der Waals surface area contributed by atoms with Crippen LogP contribution in [0.25, 0.3) is 0 Å². The number of nitrogens with one attached hydrogen (secondary N) is 1. The average molecular weight is 398 g/mol. The van der Waals surface area contributed by atoms with Crippen molar-refractivity contribution in [1.82, 2.24) is 14.9 Å². The van der Waals surface area contributed by atoms with Gasteiger partial charge in [0, 0.05) is 47.8 Å². The zero-order valence-electron chi connectivity index (χ0n) is 16.1. The molecule has 0 saturated heterocycles. The summed E-state index contributed by atoms with van der Waals surface area (Å²) in [4.78, 5) is 17.4. The molecule has 0 fully saturated rings. The number of benzene rings is 2. The molecule has 146 valence electrons. The Morgan fingerprint density at radius 3 is 2.71 bits per heavy atom. The van der Waals surface area contributed by atoms with Crippen LogP contribution in [-0.4, -0.2) is 33.0 Å². The summed E-state index contributed by atoms with van der Waals surface area (Å²) >= 11 is 0. The maximum absolute atomic E-state index is 13.0. The number of aromatic nitrogens is 2. The summed E-state index contributed by atoms with van der Waals surface area (Å²) in [5, 5.41) is 3.07. The van der Waals surface area contributed by atoms with Gasteiger partial charge in [-0.05, 0) is 35.4 Å². The molecule has 0 saturated carbocycles. The van der Waals surface area contributed by atoms with Crippen LogP contribution in [-0.2, 0) is 23.6 Å². The predicted octanol–water partition coefficient (Wildman–Crippen LogP) is 2.83. The van der Waals surface area contributed by atoms with Crippen molar-refractivity contribution in [3.8, 4) is 5.75 Å². The van der Waals surface area contributed by atoms with Crippen LogP contribution in [0.15, 0.2) is 60.9 Å². The van der Waals surface area contributed by atoms with Crippen LogP contribution >= 0.6 is 0 Å². The van der Waals surface area contributed by atoms with Crippen molar-refractivity contribution in [2.75, 3.05) is 13.4 Å². The molecule has 0 aliphatic carbocycles. The molecule has 7 heteroatoms. The molecule has 28 heavy (non-hydrogen) atoms. The van der Waals surface area contributed by atoms with Crippen LogP contribution in [0, 0.1) is 0 Å². The minimum atomic E-state index is -0.969. The molecule has 3 rings (SSSR count). The summed E-state index contributed by atoms with van der Waals surface area (Å²) in [5.74, 6) is 1.62. The van der Waals surface area contributed by atoms with Crippen LogP contribution in [0.5, 0.6) is 5.75 Å². The van der Waals surface area contributed by atoms with Crippen molar-refractivity contribution in [2.24, 2.45) is 7.05 Å². The van der Waals surface area contributed by atoms with Gasteiger partial charge in [-0.25, -0.2) is 4.98 Å². The van der Waals surface area contributed by atoms with E-state index in [2.05, 4.69) is 10.3 Å². The van der Waals surface area contributed by atoms with E-state index in [1.165, 1.54) is 0 Å². The number of hydrogen-bond acceptors (Lipinski definition) is 4. The minimum absolute atomic E-state index is 0.223. The largest absolute Gasteiger partial charge is 0.497 e. The van der Waals surface area contributed by atoms with E-state index in [0.717, 1.165) is 11.1 Å². The van der Waals surface area contributed by atoms with Crippen molar-refractivity contribution in [3.63, 3.8) is 0 Å². The summed E-state index contributed by atoms with van der Waals surface area (Å²) in [6.07, 6.45) is 5.18. The zero-order chi connectivity index (χ0) is 20.1. The molecular weight excluding hydrogens is 374 g/mol. The second-order valence-electron chi connectivity index (χ2n) is 6.50. The van der Waals surface area contributed by atoms with E-state index < -0.39 is 16.8 Å². The number of nitrogens with zero attached hydrogens (tertiary/aromatic N) is 2. The van der Waals surface area contributed by atoms with Gasteiger partial charge in [0.1, 0.15) is 17.6 Å². The third kappa shape index (κ3) is 4.67. The summed E-state index contributed by atoms with van der Waals surface area (Å²) in [5.41, 5.74) is 2.25. The van der Waals surface area contributed by atoms with Crippen LogP contribution in [0.3, 0.4) is 0 Å². The van der Waals surface area contributed by atoms with Gasteiger partial charge in [0.25, 0.3) is 5.91 Å². The van der Waals surface area contributed by atoms with Gasteiger partial charge in [-0.2, -0.15) is 0 Å². The van der Waals surface area contributed by atoms with Gasteiger partial charge >= 0.3 is 0 Å². The smallest absolute Gasteiger partial charge is 0.252 e. The SMILES string of the molecule is COc1cccc(C(NC(=O)c2cccc(CS(C)=O)c2)c2nccn2C)c1. The molecule has 2 unspecified atom stereocenters. The van der Waals surface area contributed by atoms with Gasteiger partial charge in [-0.1, -0.05) is 24.3 Å². The van der Waals surface area contributed by atoms with Crippen molar-refractivity contribution >= 4 is 16.7 Å². The Labute approximate surface area is 167 Å². The van der Waals surface area contributed by atoms with E-state index in [4.69, 9.17) is 4.74 Å². The Morgan fingerprint density at radius 2 is 2.04 bits per heavy atom. The number of carbonyl (C=O) groups excluding carboxylic acids is 1. The van der Waals surface area contributed by atoms with E-state index in [0.29, 0.717) is 22.9 Å². The van der Waals surface area contributed by atoms with Gasteiger partial charge in [-0.15, -0.1) is 0 Å². The van der Waals surface area contributed by atoms with E-state index in [9.17, 15) is 9.00 Å². The predicted molar refractivity (Wildman–Crippen MR) is 110 cm³/mol. The normalized spacial score (nSPS) is 13.0. The fourth-order valence-electron chi connectivity index (χ4n) is 3.02. The molecular formula is C21H23N3O3S. The van der Waals surface area contributed by atoms with Gasteiger partial charge in [0.05, 0.1) is 7.11 Å². The first-order chi connectivity index (χ1) is 13.5.